The second-order valence-corrected chi connectivity index (χ2v) is 14.0. The Morgan fingerprint density at radius 1 is 0.640 bits per heavy atom. The van der Waals surface area contributed by atoms with Crippen LogP contribution in [0.25, 0.3) is 0 Å². The topological polar surface area (TPSA) is 132 Å². The standard InChI is InChI=1S/C40H71O9P/c1-3-5-7-9-11-13-15-17-19-20-22-24-26-28-30-32-40(43)49-39(37-48-50(44,45)47-35-38(42)34-41)36-46-33-31-29-27-25-23-21-18-16-14-12-10-8-6-4-2/h5,7-8,10-11,13-14,16-17,19,38-39,41-42H,3-4,6,9,12,15,18,20-37H2,1-2H3,(H,44,45)/b7-5-,10-8-,13-11-,16-14-,19-17-. The van der Waals surface area contributed by atoms with E-state index in [1.165, 1.54) is 25.7 Å². The Balaban J connectivity index is 4.29. The average Bonchev–Trinajstić information content (AvgIpc) is 3.10. The second-order valence-electron chi connectivity index (χ2n) is 12.6. The fourth-order valence-corrected chi connectivity index (χ4v) is 5.55. The van der Waals surface area contributed by atoms with Gasteiger partial charge in [-0.05, 0) is 70.6 Å². The lowest BCUT2D eigenvalue weighted by molar-refractivity contribution is -0.154. The third kappa shape index (κ3) is 36.0. The number of phosphoric acid groups is 1. The van der Waals surface area contributed by atoms with Crippen LogP contribution in [-0.4, -0.2) is 66.3 Å². The molecule has 290 valence electrons. The first kappa shape index (κ1) is 48.2. The molecule has 0 bridgehead atoms. The van der Waals surface area contributed by atoms with E-state index in [0.717, 1.165) is 89.9 Å². The summed E-state index contributed by atoms with van der Waals surface area (Å²) in [5.74, 6) is -0.407. The van der Waals surface area contributed by atoms with Crippen molar-refractivity contribution in [1.29, 1.82) is 0 Å². The Bertz CT molecular complexity index is 960. The summed E-state index contributed by atoms with van der Waals surface area (Å²) in [6, 6.07) is 0. The minimum atomic E-state index is -4.52. The highest BCUT2D eigenvalue weighted by molar-refractivity contribution is 7.47. The van der Waals surface area contributed by atoms with E-state index in [1.807, 2.05) is 0 Å². The van der Waals surface area contributed by atoms with E-state index in [0.29, 0.717) is 13.0 Å². The van der Waals surface area contributed by atoms with Gasteiger partial charge in [-0.25, -0.2) is 4.57 Å². The molecule has 0 aromatic carbocycles. The van der Waals surface area contributed by atoms with Crippen molar-refractivity contribution in [2.75, 3.05) is 33.0 Å². The van der Waals surface area contributed by atoms with Crippen LogP contribution in [0.4, 0.5) is 0 Å². The predicted octanol–water partition coefficient (Wildman–Crippen LogP) is 10.0. The van der Waals surface area contributed by atoms with Crippen molar-refractivity contribution in [1.82, 2.24) is 0 Å². The van der Waals surface area contributed by atoms with Crippen LogP contribution in [0.2, 0.25) is 0 Å². The van der Waals surface area contributed by atoms with Gasteiger partial charge in [-0.2, -0.15) is 0 Å². The zero-order chi connectivity index (χ0) is 36.8. The summed E-state index contributed by atoms with van der Waals surface area (Å²) in [6.07, 6.45) is 40.3. The van der Waals surface area contributed by atoms with Gasteiger partial charge < -0.3 is 24.6 Å². The van der Waals surface area contributed by atoms with Gasteiger partial charge in [0, 0.05) is 13.0 Å². The molecule has 3 atom stereocenters. The van der Waals surface area contributed by atoms with Crippen LogP contribution in [-0.2, 0) is 27.9 Å². The molecule has 0 heterocycles. The minimum absolute atomic E-state index is 0.0319. The molecule has 3 N–H and O–H groups in total. The minimum Gasteiger partial charge on any atom is -0.457 e. The SMILES string of the molecule is CC/C=C\C/C=C\C/C=C\CCCCCCCC(=O)OC(COCCCCCCCC/C=C\C/C=C\CCC)COP(=O)(O)OCC(O)CO. The van der Waals surface area contributed by atoms with Crippen LogP contribution in [0.1, 0.15) is 142 Å². The number of allylic oxidation sites excluding steroid dienone is 10. The van der Waals surface area contributed by atoms with Crippen LogP contribution in [0.3, 0.4) is 0 Å². The van der Waals surface area contributed by atoms with Gasteiger partial charge in [0.05, 0.1) is 26.4 Å². The maximum atomic E-state index is 12.6. The molecule has 0 fully saturated rings. The lowest BCUT2D eigenvalue weighted by Crippen LogP contribution is -2.29. The van der Waals surface area contributed by atoms with E-state index in [9.17, 15) is 19.4 Å². The number of carbonyl (C=O) groups excluding carboxylic acids is 1. The summed E-state index contributed by atoms with van der Waals surface area (Å²) in [4.78, 5) is 22.5. The fourth-order valence-electron chi connectivity index (χ4n) is 4.76. The van der Waals surface area contributed by atoms with Gasteiger partial charge in [-0.1, -0.05) is 126 Å². The number of ether oxygens (including phenoxy) is 2. The second kappa shape index (κ2) is 36.9. The van der Waals surface area contributed by atoms with Crippen LogP contribution >= 0.6 is 7.82 Å². The third-order valence-electron chi connectivity index (χ3n) is 7.67. The van der Waals surface area contributed by atoms with E-state index in [4.69, 9.17) is 23.6 Å². The zero-order valence-electron chi connectivity index (χ0n) is 31.3. The Kier molecular flexibility index (Phi) is 35.6. The number of carbonyl (C=O) groups is 1. The maximum Gasteiger partial charge on any atom is 0.472 e. The van der Waals surface area contributed by atoms with Crippen LogP contribution in [0.5, 0.6) is 0 Å². The van der Waals surface area contributed by atoms with Crippen molar-refractivity contribution in [2.45, 2.75) is 154 Å². The molecule has 3 unspecified atom stereocenters. The molecule has 0 saturated carbocycles. The molecule has 0 amide bonds. The summed E-state index contributed by atoms with van der Waals surface area (Å²) in [5.41, 5.74) is 0. The number of unbranched alkanes of at least 4 members (excludes halogenated alkanes) is 12. The number of hydrogen-bond donors (Lipinski definition) is 3. The monoisotopic (exact) mass is 726 g/mol. The largest absolute Gasteiger partial charge is 0.472 e. The van der Waals surface area contributed by atoms with Gasteiger partial charge in [0.25, 0.3) is 0 Å². The molecule has 0 radical (unpaired) electrons. The quantitative estimate of drug-likeness (QED) is 0.0250. The summed E-state index contributed by atoms with van der Waals surface area (Å²) in [6.45, 7) is 3.27. The smallest absolute Gasteiger partial charge is 0.457 e. The van der Waals surface area contributed by atoms with Crippen molar-refractivity contribution < 1.29 is 43.0 Å². The molecular weight excluding hydrogens is 655 g/mol. The molecule has 0 rings (SSSR count). The van der Waals surface area contributed by atoms with E-state index in [-0.39, 0.29) is 13.0 Å². The number of phosphoric ester groups is 1. The summed E-state index contributed by atoms with van der Waals surface area (Å²) in [5, 5.41) is 18.3. The highest BCUT2D eigenvalue weighted by atomic mass is 31.2. The lowest BCUT2D eigenvalue weighted by Gasteiger charge is -2.20. The number of esters is 1. The highest BCUT2D eigenvalue weighted by Crippen LogP contribution is 2.43. The van der Waals surface area contributed by atoms with E-state index < -0.39 is 45.8 Å². The van der Waals surface area contributed by atoms with Crippen LogP contribution < -0.4 is 0 Å². The van der Waals surface area contributed by atoms with Gasteiger partial charge in [-0.15, -0.1) is 0 Å². The van der Waals surface area contributed by atoms with Crippen molar-refractivity contribution in [3.05, 3.63) is 60.8 Å². The zero-order valence-corrected chi connectivity index (χ0v) is 32.2. The normalized spacial score (nSPS) is 14.9. The molecule has 50 heavy (non-hydrogen) atoms. The molecule has 0 spiro atoms. The Hall–Kier alpha value is -1.84. The fraction of sp³-hybridized carbons (Fsp3) is 0.725. The van der Waals surface area contributed by atoms with Gasteiger partial charge in [0.2, 0.25) is 0 Å². The number of rotatable bonds is 36. The van der Waals surface area contributed by atoms with Crippen molar-refractivity contribution in [3.8, 4) is 0 Å². The molecule has 9 nitrogen and oxygen atoms in total. The first-order valence-corrected chi connectivity index (χ1v) is 20.8. The van der Waals surface area contributed by atoms with Crippen molar-refractivity contribution in [3.63, 3.8) is 0 Å². The van der Waals surface area contributed by atoms with Gasteiger partial charge in [0.1, 0.15) is 12.2 Å². The summed E-state index contributed by atoms with van der Waals surface area (Å²) < 4.78 is 33.2. The van der Waals surface area contributed by atoms with Crippen molar-refractivity contribution >= 4 is 13.8 Å². The van der Waals surface area contributed by atoms with Crippen LogP contribution in [0, 0.1) is 0 Å². The summed E-state index contributed by atoms with van der Waals surface area (Å²) in [7, 11) is -4.52. The van der Waals surface area contributed by atoms with Gasteiger partial charge >= 0.3 is 13.8 Å². The molecule has 0 aliphatic rings. The Labute approximate surface area is 304 Å². The number of hydrogen-bond acceptors (Lipinski definition) is 8. The average molecular weight is 727 g/mol. The first-order valence-electron chi connectivity index (χ1n) is 19.3. The van der Waals surface area contributed by atoms with Crippen LogP contribution in [0.15, 0.2) is 60.8 Å². The highest BCUT2D eigenvalue weighted by Gasteiger charge is 2.26. The molecule has 0 aliphatic heterocycles. The van der Waals surface area contributed by atoms with E-state index in [2.05, 4.69) is 74.6 Å². The maximum absolute atomic E-state index is 12.6. The van der Waals surface area contributed by atoms with E-state index >= 15 is 0 Å². The molecule has 0 aromatic rings. The van der Waals surface area contributed by atoms with Gasteiger partial charge in [-0.3, -0.25) is 13.8 Å². The number of aliphatic hydroxyl groups is 2. The molecule has 0 saturated heterocycles. The first-order chi connectivity index (χ1) is 24.3. The lowest BCUT2D eigenvalue weighted by atomic mass is 10.1. The Morgan fingerprint density at radius 2 is 1.14 bits per heavy atom. The summed E-state index contributed by atoms with van der Waals surface area (Å²) >= 11 is 0. The Morgan fingerprint density at radius 3 is 1.72 bits per heavy atom. The number of aliphatic hydroxyl groups excluding tert-OH is 2. The molecular formula is C40H71O9P. The molecule has 0 aliphatic carbocycles. The van der Waals surface area contributed by atoms with Gasteiger partial charge in [0.15, 0.2) is 0 Å². The molecule has 10 heteroatoms. The van der Waals surface area contributed by atoms with E-state index in [1.54, 1.807) is 0 Å². The molecule has 0 aromatic heterocycles. The predicted molar refractivity (Wildman–Crippen MR) is 205 cm³/mol. The third-order valence-corrected chi connectivity index (χ3v) is 8.62. The van der Waals surface area contributed by atoms with Crippen molar-refractivity contribution in [2.24, 2.45) is 0 Å².